The third-order valence-corrected chi connectivity index (χ3v) is 6.47. The highest BCUT2D eigenvalue weighted by molar-refractivity contribution is 7.90. The number of nitriles is 1. The predicted molar refractivity (Wildman–Crippen MR) is 103 cm³/mol. The lowest BCUT2D eigenvalue weighted by Crippen LogP contribution is -2.35. The van der Waals surface area contributed by atoms with Crippen molar-refractivity contribution in [1.29, 1.82) is 5.26 Å². The van der Waals surface area contributed by atoms with Crippen LogP contribution in [-0.2, 0) is 10.0 Å². The first-order valence-corrected chi connectivity index (χ1v) is 10.2. The second kappa shape index (κ2) is 7.02. The fraction of sp³-hybridized carbons (Fsp3) is 0.263. The number of hydrogen-bond donors (Lipinski definition) is 2. The minimum absolute atomic E-state index is 0.196. The minimum Gasteiger partial charge on any atom is -0.381 e. The zero-order valence-electron chi connectivity index (χ0n) is 14.6. The van der Waals surface area contributed by atoms with Crippen LogP contribution in [0.4, 0.5) is 5.69 Å². The summed E-state index contributed by atoms with van der Waals surface area (Å²) in [6, 6.07) is 12.3. The largest absolute Gasteiger partial charge is 0.381 e. The molecular weight excluding hydrogens is 362 g/mol. The number of nitrogens with zero attached hydrogens (tertiary/aromatic N) is 3. The van der Waals surface area contributed by atoms with Gasteiger partial charge in [0.15, 0.2) is 5.65 Å². The summed E-state index contributed by atoms with van der Waals surface area (Å²) in [6.07, 6.45) is 4.81. The van der Waals surface area contributed by atoms with Crippen LogP contribution in [0.2, 0.25) is 0 Å². The van der Waals surface area contributed by atoms with Crippen LogP contribution in [0.25, 0.3) is 11.0 Å². The van der Waals surface area contributed by atoms with Crippen molar-refractivity contribution >= 4 is 26.7 Å². The van der Waals surface area contributed by atoms with E-state index in [9.17, 15) is 13.7 Å². The van der Waals surface area contributed by atoms with Gasteiger partial charge in [-0.2, -0.15) is 5.26 Å². The fourth-order valence-corrected chi connectivity index (χ4v) is 4.70. The Balaban J connectivity index is 1.82. The van der Waals surface area contributed by atoms with Gasteiger partial charge in [-0.25, -0.2) is 17.4 Å². The number of fused-ring (bicyclic) bond motifs is 1. The Bertz CT molecular complexity index is 1110. The molecule has 0 amide bonds. The zero-order valence-corrected chi connectivity index (χ0v) is 15.4. The molecule has 1 fully saturated rings. The molecule has 0 saturated carbocycles. The molecule has 1 aliphatic heterocycles. The lowest BCUT2D eigenvalue weighted by Gasteiger charge is -2.25. The number of nitrogens with one attached hydrogen (secondary N) is 2. The summed E-state index contributed by atoms with van der Waals surface area (Å²) in [5.74, 6) is 0. The van der Waals surface area contributed by atoms with Crippen LogP contribution >= 0.6 is 0 Å². The van der Waals surface area contributed by atoms with Crippen LogP contribution < -0.4 is 10.6 Å². The lowest BCUT2D eigenvalue weighted by molar-refractivity contribution is 0.479. The molecular formula is C19H19N5O2S. The quantitative estimate of drug-likeness (QED) is 0.719. The monoisotopic (exact) mass is 381 g/mol. The fourth-order valence-electron chi connectivity index (χ4n) is 3.37. The first kappa shape index (κ1) is 17.5. The summed E-state index contributed by atoms with van der Waals surface area (Å²) in [5, 5.41) is 16.9. The molecule has 0 radical (unpaired) electrons. The molecule has 0 bridgehead atoms. The lowest BCUT2D eigenvalue weighted by atomic mass is 10.1. The smallest absolute Gasteiger partial charge is 0.269 e. The Kier molecular flexibility index (Phi) is 4.56. The summed E-state index contributed by atoms with van der Waals surface area (Å²) in [6.45, 7) is 1.83. The number of hydrogen-bond acceptors (Lipinski definition) is 6. The maximum absolute atomic E-state index is 13.0. The predicted octanol–water partition coefficient (Wildman–Crippen LogP) is 2.31. The Morgan fingerprint density at radius 3 is 2.63 bits per heavy atom. The topological polar surface area (TPSA) is 99.8 Å². The standard InChI is InChI=1S/C19H19N5O2S/c20-12-14-13-22-19-17(18(14)23-15-6-9-21-10-7-15)8-11-24(19)27(25,26)16-4-2-1-3-5-16/h1-5,8,11,13,15,21H,6-7,9-10H2,(H,22,23). The number of benzene rings is 1. The molecule has 4 rings (SSSR count). The van der Waals surface area contributed by atoms with E-state index in [1.54, 1.807) is 36.4 Å². The van der Waals surface area contributed by atoms with Gasteiger partial charge in [-0.15, -0.1) is 0 Å². The Morgan fingerprint density at radius 2 is 1.93 bits per heavy atom. The van der Waals surface area contributed by atoms with Gasteiger partial charge in [0.05, 0.1) is 16.1 Å². The molecule has 1 aliphatic rings. The first-order chi connectivity index (χ1) is 13.1. The van der Waals surface area contributed by atoms with Crippen LogP contribution in [0.5, 0.6) is 0 Å². The summed E-state index contributed by atoms with van der Waals surface area (Å²) in [4.78, 5) is 4.46. The molecule has 7 nitrogen and oxygen atoms in total. The number of pyridine rings is 1. The van der Waals surface area contributed by atoms with Crippen LogP contribution in [0.3, 0.4) is 0 Å². The molecule has 2 N–H and O–H groups in total. The number of anilines is 1. The molecule has 0 aliphatic carbocycles. The van der Waals surface area contributed by atoms with Crippen molar-refractivity contribution in [3.05, 3.63) is 54.4 Å². The molecule has 138 valence electrons. The van der Waals surface area contributed by atoms with E-state index in [2.05, 4.69) is 21.7 Å². The van der Waals surface area contributed by atoms with Crippen LogP contribution in [0.1, 0.15) is 18.4 Å². The molecule has 27 heavy (non-hydrogen) atoms. The molecule has 2 aromatic heterocycles. The molecule has 0 spiro atoms. The Morgan fingerprint density at radius 1 is 1.19 bits per heavy atom. The van der Waals surface area contributed by atoms with E-state index in [4.69, 9.17) is 0 Å². The maximum Gasteiger partial charge on any atom is 0.269 e. The maximum atomic E-state index is 13.0. The molecule has 1 aromatic carbocycles. The third kappa shape index (κ3) is 3.16. The van der Waals surface area contributed by atoms with Gasteiger partial charge < -0.3 is 10.6 Å². The van der Waals surface area contributed by atoms with E-state index in [0.29, 0.717) is 22.3 Å². The van der Waals surface area contributed by atoms with E-state index in [-0.39, 0.29) is 10.9 Å². The normalized spacial score (nSPS) is 15.5. The summed E-state index contributed by atoms with van der Waals surface area (Å²) in [7, 11) is -3.76. The highest BCUT2D eigenvalue weighted by Crippen LogP contribution is 2.30. The van der Waals surface area contributed by atoms with Crippen molar-refractivity contribution in [2.45, 2.75) is 23.8 Å². The van der Waals surface area contributed by atoms with Gasteiger partial charge in [0, 0.05) is 23.8 Å². The highest BCUT2D eigenvalue weighted by atomic mass is 32.2. The molecule has 8 heteroatoms. The molecule has 0 unspecified atom stereocenters. The van der Waals surface area contributed by atoms with Crippen molar-refractivity contribution in [2.24, 2.45) is 0 Å². The number of aromatic nitrogens is 2. The van der Waals surface area contributed by atoms with E-state index in [1.165, 1.54) is 16.4 Å². The average molecular weight is 381 g/mol. The molecule has 0 atom stereocenters. The van der Waals surface area contributed by atoms with E-state index in [1.807, 2.05) is 0 Å². The molecule has 1 saturated heterocycles. The van der Waals surface area contributed by atoms with Gasteiger partial charge in [-0.1, -0.05) is 18.2 Å². The van der Waals surface area contributed by atoms with Crippen molar-refractivity contribution in [3.8, 4) is 6.07 Å². The average Bonchev–Trinajstić information content (AvgIpc) is 3.15. The van der Waals surface area contributed by atoms with Gasteiger partial charge in [-0.05, 0) is 44.1 Å². The van der Waals surface area contributed by atoms with Crippen LogP contribution in [0, 0.1) is 11.3 Å². The van der Waals surface area contributed by atoms with Gasteiger partial charge in [0.2, 0.25) is 0 Å². The van der Waals surface area contributed by atoms with Gasteiger partial charge >= 0.3 is 0 Å². The van der Waals surface area contributed by atoms with Crippen molar-refractivity contribution in [3.63, 3.8) is 0 Å². The van der Waals surface area contributed by atoms with Crippen molar-refractivity contribution < 1.29 is 8.42 Å². The summed E-state index contributed by atoms with van der Waals surface area (Å²) in [5.41, 5.74) is 1.38. The van der Waals surface area contributed by atoms with Crippen molar-refractivity contribution in [2.75, 3.05) is 18.4 Å². The summed E-state index contributed by atoms with van der Waals surface area (Å²) < 4.78 is 27.2. The Labute approximate surface area is 157 Å². The first-order valence-electron chi connectivity index (χ1n) is 8.79. The van der Waals surface area contributed by atoms with Crippen molar-refractivity contribution in [1.82, 2.24) is 14.3 Å². The number of piperidine rings is 1. The molecule has 3 aromatic rings. The van der Waals surface area contributed by atoms with E-state index >= 15 is 0 Å². The number of rotatable bonds is 4. The Hall–Kier alpha value is -2.89. The second-order valence-electron chi connectivity index (χ2n) is 6.49. The van der Waals surface area contributed by atoms with Crippen LogP contribution in [0.15, 0.2) is 53.7 Å². The van der Waals surface area contributed by atoms with Crippen LogP contribution in [-0.4, -0.2) is 36.5 Å². The molecule has 3 heterocycles. The summed E-state index contributed by atoms with van der Waals surface area (Å²) >= 11 is 0. The van der Waals surface area contributed by atoms with E-state index in [0.717, 1.165) is 25.9 Å². The third-order valence-electron chi connectivity index (χ3n) is 4.79. The zero-order chi connectivity index (χ0) is 18.9. The van der Waals surface area contributed by atoms with E-state index < -0.39 is 10.0 Å². The second-order valence-corrected chi connectivity index (χ2v) is 8.31. The van der Waals surface area contributed by atoms with Gasteiger partial charge in [0.1, 0.15) is 6.07 Å². The SMILES string of the molecule is N#Cc1cnc2c(ccn2S(=O)(=O)c2ccccc2)c1NC1CCNCC1. The minimum atomic E-state index is -3.76. The van der Waals surface area contributed by atoms with Gasteiger partial charge in [-0.3, -0.25) is 0 Å². The van der Waals surface area contributed by atoms with Gasteiger partial charge in [0.25, 0.3) is 10.0 Å². The highest BCUT2D eigenvalue weighted by Gasteiger charge is 2.23.